The standard InChI is InChI=1S/C37H36ClF3N10O4/c1-3-28-31(48-15-17-49(18-16-48)34(54)30-32(53)22(2)42-21-43-30)35(55)51-36(45-33(46-51)23-11-13-47(14-12-23)25-7-5-4-6-8-25)50(28)20-29(52)44-27-10-9-24(19-26(27)38)37(39,40)41/h4-11,19,21,53H,3,12-18,20H2,1-2H3,(H,44,52). The number of carbonyl (C=O) groups excluding carboxylic acids is 2. The smallest absolute Gasteiger partial charge is 0.416 e. The van der Waals surface area contributed by atoms with Crippen molar-refractivity contribution in [2.24, 2.45) is 0 Å². The monoisotopic (exact) mass is 776 g/mol. The Kier molecular flexibility index (Phi) is 10.2. The maximum Gasteiger partial charge on any atom is 0.416 e. The molecule has 5 aromatic rings. The van der Waals surface area contributed by atoms with E-state index in [0.717, 1.165) is 29.5 Å². The molecule has 0 aliphatic carbocycles. The van der Waals surface area contributed by atoms with Gasteiger partial charge in [0.05, 0.1) is 27.7 Å². The fourth-order valence-electron chi connectivity index (χ4n) is 6.84. The lowest BCUT2D eigenvalue weighted by Crippen LogP contribution is -2.51. The molecular weight excluding hydrogens is 741 g/mol. The molecule has 2 amide bonds. The number of aromatic nitrogens is 6. The first kappa shape index (κ1) is 37.3. The van der Waals surface area contributed by atoms with Crippen LogP contribution in [-0.2, 0) is 23.9 Å². The fraction of sp³-hybridized carbons (Fsp3) is 0.324. The summed E-state index contributed by atoms with van der Waals surface area (Å²) in [5, 5.41) is 17.4. The first-order chi connectivity index (χ1) is 26.3. The van der Waals surface area contributed by atoms with Crippen molar-refractivity contribution in [3.63, 3.8) is 0 Å². The van der Waals surface area contributed by atoms with Crippen LogP contribution in [0.3, 0.4) is 0 Å². The van der Waals surface area contributed by atoms with Crippen molar-refractivity contribution in [3.8, 4) is 5.75 Å². The fourth-order valence-corrected chi connectivity index (χ4v) is 7.07. The van der Waals surface area contributed by atoms with Crippen molar-refractivity contribution in [3.05, 3.63) is 105 Å². The first-order valence-corrected chi connectivity index (χ1v) is 17.9. The Morgan fingerprint density at radius 3 is 2.40 bits per heavy atom. The highest BCUT2D eigenvalue weighted by atomic mass is 35.5. The molecule has 14 nitrogen and oxygen atoms in total. The number of carbonyl (C=O) groups is 2. The second kappa shape index (κ2) is 15.0. The highest BCUT2D eigenvalue weighted by molar-refractivity contribution is 6.33. The SMILES string of the molecule is CCc1c(N2CCN(C(=O)c3ncnc(C)c3O)CC2)c(=O)n2nc(C3=CCN(c4ccccc4)CC3)nc2n1CC(=O)Nc1ccc(C(F)(F)F)cc1Cl. The van der Waals surface area contributed by atoms with E-state index >= 15 is 0 Å². The number of para-hydroxylation sites is 1. The minimum Gasteiger partial charge on any atom is -0.504 e. The zero-order valence-corrected chi connectivity index (χ0v) is 30.6. The van der Waals surface area contributed by atoms with Gasteiger partial charge >= 0.3 is 6.18 Å². The maximum absolute atomic E-state index is 14.4. The summed E-state index contributed by atoms with van der Waals surface area (Å²) in [6, 6.07) is 12.6. The van der Waals surface area contributed by atoms with E-state index in [2.05, 4.69) is 25.3 Å². The van der Waals surface area contributed by atoms with Gasteiger partial charge in [0.2, 0.25) is 11.7 Å². The Hall–Kier alpha value is -5.97. The Morgan fingerprint density at radius 1 is 1.00 bits per heavy atom. The predicted octanol–water partition coefficient (Wildman–Crippen LogP) is 4.82. The number of fused-ring (bicyclic) bond motifs is 1. The van der Waals surface area contributed by atoms with Crippen molar-refractivity contribution in [2.75, 3.05) is 54.4 Å². The maximum atomic E-state index is 14.4. The number of hydrogen-bond acceptors (Lipinski definition) is 10. The van der Waals surface area contributed by atoms with Crippen LogP contribution in [-0.4, -0.2) is 90.2 Å². The Bertz CT molecular complexity index is 2370. The molecule has 2 aromatic carbocycles. The van der Waals surface area contributed by atoms with Crippen LogP contribution in [0.5, 0.6) is 5.75 Å². The Morgan fingerprint density at radius 2 is 1.75 bits per heavy atom. The molecule has 2 aliphatic heterocycles. The number of aromatic hydroxyl groups is 1. The normalized spacial score (nSPS) is 15.0. The number of aryl methyl sites for hydroxylation is 1. The van der Waals surface area contributed by atoms with Crippen LogP contribution in [0.15, 0.2) is 65.7 Å². The predicted molar refractivity (Wildman–Crippen MR) is 200 cm³/mol. The van der Waals surface area contributed by atoms with Crippen LogP contribution in [0.1, 0.15) is 46.6 Å². The minimum absolute atomic E-state index is 0.0156. The van der Waals surface area contributed by atoms with Crippen LogP contribution >= 0.6 is 11.6 Å². The van der Waals surface area contributed by atoms with Crippen LogP contribution in [0, 0.1) is 6.92 Å². The highest BCUT2D eigenvalue weighted by Gasteiger charge is 2.32. The molecule has 7 rings (SSSR count). The summed E-state index contributed by atoms with van der Waals surface area (Å²) < 4.78 is 42.6. The number of amides is 2. The van der Waals surface area contributed by atoms with E-state index < -0.39 is 29.1 Å². The molecule has 0 spiro atoms. The molecule has 1 saturated heterocycles. The highest BCUT2D eigenvalue weighted by Crippen LogP contribution is 2.34. The number of alkyl halides is 3. The molecule has 5 heterocycles. The number of nitrogens with zero attached hydrogens (tertiary/aromatic N) is 9. The molecule has 2 N–H and O–H groups in total. The lowest BCUT2D eigenvalue weighted by Gasteiger charge is -2.36. The van der Waals surface area contributed by atoms with Gasteiger partial charge in [0.1, 0.15) is 18.6 Å². The quantitative estimate of drug-likeness (QED) is 0.224. The number of hydrogen-bond donors (Lipinski definition) is 2. The zero-order chi connectivity index (χ0) is 39.0. The van der Waals surface area contributed by atoms with Crippen molar-refractivity contribution in [1.29, 1.82) is 0 Å². The summed E-state index contributed by atoms with van der Waals surface area (Å²) in [6.07, 6.45) is -0.513. The van der Waals surface area contributed by atoms with Gasteiger partial charge in [-0.25, -0.2) is 9.97 Å². The van der Waals surface area contributed by atoms with Crippen molar-refractivity contribution in [2.45, 2.75) is 39.4 Å². The number of benzene rings is 2. The Balaban J connectivity index is 1.23. The van der Waals surface area contributed by atoms with Crippen LogP contribution < -0.4 is 20.7 Å². The number of anilines is 3. The average Bonchev–Trinajstić information content (AvgIpc) is 3.64. The summed E-state index contributed by atoms with van der Waals surface area (Å²) in [6.45, 7) is 5.17. The van der Waals surface area contributed by atoms with E-state index in [9.17, 15) is 32.7 Å². The van der Waals surface area contributed by atoms with E-state index in [-0.39, 0.29) is 72.0 Å². The largest absolute Gasteiger partial charge is 0.504 e. The molecular formula is C37H36ClF3N10O4. The molecule has 286 valence electrons. The number of nitrogens with one attached hydrogen (secondary N) is 1. The van der Waals surface area contributed by atoms with Crippen LogP contribution in [0.25, 0.3) is 11.4 Å². The molecule has 2 aliphatic rings. The summed E-state index contributed by atoms with van der Waals surface area (Å²) in [5.41, 5.74) is 1.37. The van der Waals surface area contributed by atoms with Gasteiger partial charge in [0.15, 0.2) is 17.3 Å². The van der Waals surface area contributed by atoms with E-state index in [1.165, 1.54) is 15.7 Å². The van der Waals surface area contributed by atoms with Gasteiger partial charge in [-0.1, -0.05) is 42.8 Å². The van der Waals surface area contributed by atoms with E-state index in [4.69, 9.17) is 16.6 Å². The second-order valence-electron chi connectivity index (χ2n) is 13.1. The van der Waals surface area contributed by atoms with Gasteiger partial charge in [0.25, 0.3) is 11.5 Å². The molecule has 0 atom stereocenters. The topological polar surface area (TPSA) is 154 Å². The average molecular weight is 777 g/mol. The molecule has 18 heteroatoms. The van der Waals surface area contributed by atoms with Gasteiger partial charge in [-0.05, 0) is 55.7 Å². The molecule has 0 unspecified atom stereocenters. The third-order valence-corrected chi connectivity index (χ3v) is 10.1. The van der Waals surface area contributed by atoms with Crippen molar-refractivity contribution in [1.82, 2.24) is 34.0 Å². The lowest BCUT2D eigenvalue weighted by atomic mass is 10.1. The molecule has 0 saturated carbocycles. The zero-order valence-electron chi connectivity index (χ0n) is 29.8. The summed E-state index contributed by atoms with van der Waals surface area (Å²) >= 11 is 6.16. The molecule has 0 bridgehead atoms. The molecule has 3 aromatic heterocycles. The molecule has 1 fully saturated rings. The molecule has 55 heavy (non-hydrogen) atoms. The summed E-state index contributed by atoms with van der Waals surface area (Å²) in [4.78, 5) is 59.6. The van der Waals surface area contributed by atoms with Gasteiger partial charge in [-0.2, -0.15) is 22.7 Å². The van der Waals surface area contributed by atoms with E-state index in [0.29, 0.717) is 37.4 Å². The third kappa shape index (κ3) is 7.43. The third-order valence-electron chi connectivity index (χ3n) is 9.74. The molecule has 0 radical (unpaired) electrons. The van der Waals surface area contributed by atoms with Crippen LogP contribution in [0.4, 0.5) is 30.2 Å². The lowest BCUT2D eigenvalue weighted by molar-refractivity contribution is -0.137. The number of halogens is 4. The Labute approximate surface area is 317 Å². The number of piperazine rings is 1. The second-order valence-corrected chi connectivity index (χ2v) is 13.5. The van der Waals surface area contributed by atoms with Crippen molar-refractivity contribution < 1.29 is 27.9 Å². The summed E-state index contributed by atoms with van der Waals surface area (Å²) in [7, 11) is 0. The van der Waals surface area contributed by atoms with Gasteiger partial charge < -0.3 is 29.7 Å². The minimum atomic E-state index is -4.62. The van der Waals surface area contributed by atoms with Crippen LogP contribution in [0.2, 0.25) is 5.02 Å². The van der Waals surface area contributed by atoms with E-state index in [1.807, 2.05) is 48.2 Å². The van der Waals surface area contributed by atoms with Gasteiger partial charge in [-0.15, -0.1) is 5.10 Å². The van der Waals surface area contributed by atoms with Gasteiger partial charge in [-0.3, -0.25) is 14.4 Å². The van der Waals surface area contributed by atoms with Crippen molar-refractivity contribution >= 4 is 51.8 Å². The first-order valence-electron chi connectivity index (χ1n) is 17.6. The van der Waals surface area contributed by atoms with Gasteiger partial charge in [0, 0.05) is 45.0 Å². The van der Waals surface area contributed by atoms with E-state index in [1.54, 1.807) is 11.5 Å². The summed E-state index contributed by atoms with van der Waals surface area (Å²) in [5.74, 6) is -0.945. The number of rotatable bonds is 8.